The first kappa shape index (κ1) is 11.0. The zero-order valence-corrected chi connectivity index (χ0v) is 8.63. The van der Waals surface area contributed by atoms with Crippen molar-refractivity contribution in [2.75, 3.05) is 5.32 Å². The molecule has 2 rings (SSSR count). The quantitative estimate of drug-likeness (QED) is 0.653. The Hall–Kier alpha value is -2.50. The molecule has 86 valence electrons. The number of rotatable bonds is 3. The van der Waals surface area contributed by atoms with Crippen LogP contribution in [0.3, 0.4) is 0 Å². The molecule has 0 saturated carbocycles. The number of aromatic nitrogens is 1. The average Bonchev–Trinajstić information content (AvgIpc) is 2.30. The van der Waals surface area contributed by atoms with Crippen LogP contribution in [0, 0.1) is 15.9 Å². The minimum Gasteiger partial charge on any atom is -0.350 e. The number of hydrogen-bond acceptors (Lipinski definition) is 4. The van der Waals surface area contributed by atoms with Crippen LogP contribution in [0.25, 0.3) is 0 Å². The molecule has 0 fully saturated rings. The topological polar surface area (TPSA) is 68.1 Å². The van der Waals surface area contributed by atoms with E-state index in [2.05, 4.69) is 10.3 Å². The van der Waals surface area contributed by atoms with Gasteiger partial charge in [0.2, 0.25) is 0 Å². The molecule has 0 spiro atoms. The second-order valence-electron chi connectivity index (χ2n) is 3.28. The molecular weight excluding hydrogens is 225 g/mol. The Morgan fingerprint density at radius 3 is 2.59 bits per heavy atom. The van der Waals surface area contributed by atoms with Gasteiger partial charge in [0.15, 0.2) is 0 Å². The lowest BCUT2D eigenvalue weighted by molar-refractivity contribution is -0.384. The van der Waals surface area contributed by atoms with Crippen LogP contribution in [0.4, 0.5) is 21.5 Å². The molecule has 6 heteroatoms. The Bertz CT molecular complexity index is 546. The van der Waals surface area contributed by atoms with Gasteiger partial charge < -0.3 is 5.32 Å². The molecule has 0 amide bonds. The zero-order chi connectivity index (χ0) is 12.3. The Kier molecular flexibility index (Phi) is 2.95. The fourth-order valence-electron chi connectivity index (χ4n) is 1.36. The lowest BCUT2D eigenvalue weighted by atomic mass is 10.2. The summed E-state index contributed by atoms with van der Waals surface area (Å²) in [5.41, 5.74) is 0.540. The third kappa shape index (κ3) is 2.54. The van der Waals surface area contributed by atoms with Crippen molar-refractivity contribution in [1.29, 1.82) is 0 Å². The van der Waals surface area contributed by atoms with E-state index in [0.29, 0.717) is 5.69 Å². The van der Waals surface area contributed by atoms with E-state index in [1.165, 1.54) is 12.4 Å². The Morgan fingerprint density at radius 1 is 1.24 bits per heavy atom. The van der Waals surface area contributed by atoms with E-state index < -0.39 is 10.7 Å². The maximum atomic E-state index is 13.0. The van der Waals surface area contributed by atoms with E-state index in [0.717, 1.165) is 18.2 Å². The first-order valence-electron chi connectivity index (χ1n) is 4.78. The first-order chi connectivity index (χ1) is 8.16. The molecule has 1 aromatic heterocycles. The molecular formula is C11H8FN3O2. The number of nitro benzene ring substituents is 1. The summed E-state index contributed by atoms with van der Waals surface area (Å²) >= 11 is 0. The molecule has 1 heterocycles. The van der Waals surface area contributed by atoms with Gasteiger partial charge in [0.25, 0.3) is 5.69 Å². The van der Waals surface area contributed by atoms with Crippen LogP contribution >= 0.6 is 0 Å². The van der Waals surface area contributed by atoms with Crippen LogP contribution in [0.5, 0.6) is 0 Å². The number of nitrogens with zero attached hydrogens (tertiary/aromatic N) is 2. The maximum Gasteiger partial charge on any atom is 0.292 e. The number of benzene rings is 1. The summed E-state index contributed by atoms with van der Waals surface area (Å²) in [6.07, 6.45) is 3.07. The van der Waals surface area contributed by atoms with Crippen LogP contribution in [0.15, 0.2) is 42.7 Å². The summed E-state index contributed by atoms with van der Waals surface area (Å²) in [5.74, 6) is -0.535. The van der Waals surface area contributed by atoms with Gasteiger partial charge >= 0.3 is 0 Å². The molecule has 0 unspecified atom stereocenters. The second kappa shape index (κ2) is 4.56. The fraction of sp³-hybridized carbons (Fsp3) is 0. The van der Waals surface area contributed by atoms with Gasteiger partial charge in [0.05, 0.1) is 4.92 Å². The zero-order valence-electron chi connectivity index (χ0n) is 8.63. The van der Waals surface area contributed by atoms with Crippen LogP contribution < -0.4 is 5.32 Å². The van der Waals surface area contributed by atoms with Gasteiger partial charge in [-0.15, -0.1) is 0 Å². The number of hydrogen-bond donors (Lipinski definition) is 1. The normalized spacial score (nSPS) is 9.94. The smallest absolute Gasteiger partial charge is 0.292 e. The second-order valence-corrected chi connectivity index (χ2v) is 3.28. The predicted octanol–water partition coefficient (Wildman–Crippen LogP) is 2.87. The van der Waals surface area contributed by atoms with Crippen LogP contribution in [0.1, 0.15) is 0 Å². The molecule has 17 heavy (non-hydrogen) atoms. The Labute approximate surface area is 96.1 Å². The number of anilines is 2. The molecule has 0 radical (unpaired) electrons. The van der Waals surface area contributed by atoms with Gasteiger partial charge in [0, 0.05) is 30.2 Å². The maximum absolute atomic E-state index is 13.0. The van der Waals surface area contributed by atoms with Crippen LogP contribution in [0.2, 0.25) is 0 Å². The molecule has 0 bridgehead atoms. The van der Waals surface area contributed by atoms with Gasteiger partial charge in [-0.25, -0.2) is 4.39 Å². The van der Waals surface area contributed by atoms with E-state index in [9.17, 15) is 14.5 Å². The van der Waals surface area contributed by atoms with E-state index in [1.807, 2.05) is 0 Å². The minimum absolute atomic E-state index is 0.112. The molecule has 0 aliphatic carbocycles. The summed E-state index contributed by atoms with van der Waals surface area (Å²) in [6, 6.07) is 6.52. The first-order valence-corrected chi connectivity index (χ1v) is 4.78. The molecule has 1 aromatic carbocycles. The van der Waals surface area contributed by atoms with Crippen molar-refractivity contribution in [2.24, 2.45) is 0 Å². The SMILES string of the molecule is O=[N+]([O-])c1ccc(F)cc1Nc1ccncc1. The third-order valence-electron chi connectivity index (χ3n) is 2.11. The standard InChI is InChI=1S/C11H8FN3O2/c12-8-1-2-11(15(16)17)10(7-8)14-9-3-5-13-6-4-9/h1-7H,(H,13,14). The molecule has 0 saturated heterocycles. The Balaban J connectivity index is 2.37. The largest absolute Gasteiger partial charge is 0.350 e. The van der Waals surface area contributed by atoms with Crippen molar-refractivity contribution in [3.05, 3.63) is 58.7 Å². The van der Waals surface area contributed by atoms with E-state index >= 15 is 0 Å². The van der Waals surface area contributed by atoms with Crippen molar-refractivity contribution in [2.45, 2.75) is 0 Å². The van der Waals surface area contributed by atoms with Crippen molar-refractivity contribution >= 4 is 17.1 Å². The summed E-state index contributed by atoms with van der Waals surface area (Å²) in [5, 5.41) is 13.5. The van der Waals surface area contributed by atoms with E-state index in [4.69, 9.17) is 0 Å². The number of nitrogens with one attached hydrogen (secondary N) is 1. The molecule has 0 aliphatic heterocycles. The molecule has 0 aliphatic rings. The summed E-state index contributed by atoms with van der Waals surface area (Å²) in [7, 11) is 0. The van der Waals surface area contributed by atoms with E-state index in [-0.39, 0.29) is 11.4 Å². The van der Waals surface area contributed by atoms with Crippen molar-refractivity contribution in [1.82, 2.24) is 4.98 Å². The highest BCUT2D eigenvalue weighted by Crippen LogP contribution is 2.27. The number of nitro groups is 1. The molecule has 2 aromatic rings. The van der Waals surface area contributed by atoms with Gasteiger partial charge in [-0.1, -0.05) is 0 Å². The minimum atomic E-state index is -0.567. The van der Waals surface area contributed by atoms with Gasteiger partial charge in [-0.2, -0.15) is 0 Å². The summed E-state index contributed by atoms with van der Waals surface area (Å²) in [4.78, 5) is 14.0. The highest BCUT2D eigenvalue weighted by molar-refractivity contribution is 5.69. The highest BCUT2D eigenvalue weighted by Gasteiger charge is 2.14. The van der Waals surface area contributed by atoms with Crippen molar-refractivity contribution < 1.29 is 9.31 Å². The van der Waals surface area contributed by atoms with Crippen LogP contribution in [-0.4, -0.2) is 9.91 Å². The Morgan fingerprint density at radius 2 is 1.94 bits per heavy atom. The average molecular weight is 233 g/mol. The van der Waals surface area contributed by atoms with E-state index in [1.54, 1.807) is 12.1 Å². The molecule has 1 N–H and O–H groups in total. The number of halogens is 1. The van der Waals surface area contributed by atoms with Gasteiger partial charge in [-0.05, 0) is 18.2 Å². The van der Waals surface area contributed by atoms with Crippen LogP contribution in [-0.2, 0) is 0 Å². The van der Waals surface area contributed by atoms with Crippen molar-refractivity contribution in [3.63, 3.8) is 0 Å². The molecule has 5 nitrogen and oxygen atoms in total. The fourth-order valence-corrected chi connectivity index (χ4v) is 1.36. The lowest BCUT2D eigenvalue weighted by Crippen LogP contribution is -1.97. The lowest BCUT2D eigenvalue weighted by Gasteiger charge is -2.06. The summed E-state index contributed by atoms with van der Waals surface area (Å²) < 4.78 is 13.0. The highest BCUT2D eigenvalue weighted by atomic mass is 19.1. The predicted molar refractivity (Wildman–Crippen MR) is 60.6 cm³/mol. The van der Waals surface area contributed by atoms with Crippen molar-refractivity contribution in [3.8, 4) is 0 Å². The number of pyridine rings is 1. The summed E-state index contributed by atoms with van der Waals surface area (Å²) in [6.45, 7) is 0. The monoisotopic (exact) mass is 233 g/mol. The van der Waals surface area contributed by atoms with Gasteiger partial charge in [-0.3, -0.25) is 15.1 Å². The third-order valence-corrected chi connectivity index (χ3v) is 2.11. The van der Waals surface area contributed by atoms with Gasteiger partial charge in [0.1, 0.15) is 11.5 Å². The molecule has 0 atom stereocenters.